The SMILES string of the molecule is CCOCCCN=C(N)NCCc1ccc(Cl)s1. The molecule has 0 aromatic carbocycles. The molecule has 1 heterocycles. The van der Waals surface area contributed by atoms with Crippen LogP contribution in [-0.2, 0) is 11.2 Å². The van der Waals surface area contributed by atoms with E-state index in [-0.39, 0.29) is 0 Å². The van der Waals surface area contributed by atoms with Gasteiger partial charge in [-0.25, -0.2) is 0 Å². The van der Waals surface area contributed by atoms with Gasteiger partial charge in [0, 0.05) is 31.2 Å². The van der Waals surface area contributed by atoms with Gasteiger partial charge < -0.3 is 15.8 Å². The third kappa shape index (κ3) is 6.83. The highest BCUT2D eigenvalue weighted by Crippen LogP contribution is 2.21. The minimum Gasteiger partial charge on any atom is -0.382 e. The average molecular weight is 290 g/mol. The van der Waals surface area contributed by atoms with Crippen LogP contribution in [0.1, 0.15) is 18.2 Å². The van der Waals surface area contributed by atoms with Crippen LogP contribution in [0.4, 0.5) is 0 Å². The summed E-state index contributed by atoms with van der Waals surface area (Å²) >= 11 is 7.44. The summed E-state index contributed by atoms with van der Waals surface area (Å²) in [6.45, 7) is 4.94. The van der Waals surface area contributed by atoms with E-state index < -0.39 is 0 Å². The second-order valence-electron chi connectivity index (χ2n) is 3.70. The second kappa shape index (κ2) is 9.19. The van der Waals surface area contributed by atoms with Gasteiger partial charge in [-0.3, -0.25) is 4.99 Å². The van der Waals surface area contributed by atoms with Crippen LogP contribution in [0.25, 0.3) is 0 Å². The fourth-order valence-electron chi connectivity index (χ4n) is 1.37. The van der Waals surface area contributed by atoms with Gasteiger partial charge >= 0.3 is 0 Å². The van der Waals surface area contributed by atoms with Crippen LogP contribution in [0, 0.1) is 0 Å². The number of hydrogen-bond acceptors (Lipinski definition) is 3. The van der Waals surface area contributed by atoms with Crippen molar-refractivity contribution in [3.05, 3.63) is 21.3 Å². The van der Waals surface area contributed by atoms with E-state index in [2.05, 4.69) is 10.3 Å². The predicted molar refractivity (Wildman–Crippen MR) is 78.6 cm³/mol. The van der Waals surface area contributed by atoms with Gasteiger partial charge in [0.25, 0.3) is 0 Å². The number of thiophene rings is 1. The number of aliphatic imine (C=N–C) groups is 1. The molecule has 0 fully saturated rings. The van der Waals surface area contributed by atoms with Crippen molar-refractivity contribution in [1.82, 2.24) is 5.32 Å². The summed E-state index contributed by atoms with van der Waals surface area (Å²) < 4.78 is 6.04. The Kier molecular flexibility index (Phi) is 7.80. The van der Waals surface area contributed by atoms with Gasteiger partial charge in [0.1, 0.15) is 0 Å². The summed E-state index contributed by atoms with van der Waals surface area (Å²) in [6, 6.07) is 3.94. The molecule has 3 N–H and O–H groups in total. The van der Waals surface area contributed by atoms with E-state index in [9.17, 15) is 0 Å². The third-order valence-electron chi connectivity index (χ3n) is 2.24. The molecule has 1 aromatic heterocycles. The van der Waals surface area contributed by atoms with Crippen LogP contribution in [0.15, 0.2) is 17.1 Å². The van der Waals surface area contributed by atoms with Crippen molar-refractivity contribution in [2.24, 2.45) is 10.7 Å². The Labute approximate surface area is 117 Å². The molecule has 0 spiro atoms. The zero-order valence-corrected chi connectivity index (χ0v) is 12.2. The van der Waals surface area contributed by atoms with Gasteiger partial charge in [0.2, 0.25) is 0 Å². The quantitative estimate of drug-likeness (QED) is 0.438. The highest BCUT2D eigenvalue weighted by molar-refractivity contribution is 7.16. The number of halogens is 1. The van der Waals surface area contributed by atoms with Gasteiger partial charge in [0.05, 0.1) is 4.34 Å². The molecule has 0 amide bonds. The van der Waals surface area contributed by atoms with Gasteiger partial charge in [-0.2, -0.15) is 0 Å². The Hall–Kier alpha value is -0.780. The van der Waals surface area contributed by atoms with Crippen LogP contribution in [0.3, 0.4) is 0 Å². The highest BCUT2D eigenvalue weighted by Gasteiger charge is 1.98. The van der Waals surface area contributed by atoms with Gasteiger partial charge in [0.15, 0.2) is 5.96 Å². The lowest BCUT2D eigenvalue weighted by Crippen LogP contribution is -2.33. The molecule has 0 aliphatic heterocycles. The van der Waals surface area contributed by atoms with Gasteiger partial charge in [-0.15, -0.1) is 11.3 Å². The molecule has 1 aromatic rings. The molecular formula is C12H20ClN3OS. The first kappa shape index (κ1) is 15.3. The summed E-state index contributed by atoms with van der Waals surface area (Å²) in [4.78, 5) is 5.46. The van der Waals surface area contributed by atoms with Gasteiger partial charge in [-0.05, 0) is 31.9 Å². The van der Waals surface area contributed by atoms with Crippen molar-refractivity contribution in [1.29, 1.82) is 0 Å². The Morgan fingerprint density at radius 3 is 3.06 bits per heavy atom. The average Bonchev–Trinajstić information content (AvgIpc) is 2.75. The normalized spacial score (nSPS) is 11.8. The van der Waals surface area contributed by atoms with Crippen LogP contribution >= 0.6 is 22.9 Å². The van der Waals surface area contributed by atoms with Gasteiger partial charge in [-0.1, -0.05) is 11.6 Å². The molecule has 0 saturated heterocycles. The fourth-order valence-corrected chi connectivity index (χ4v) is 2.45. The van der Waals surface area contributed by atoms with Crippen molar-refractivity contribution in [2.45, 2.75) is 19.8 Å². The van der Waals surface area contributed by atoms with Crippen LogP contribution in [0.5, 0.6) is 0 Å². The van der Waals surface area contributed by atoms with Crippen LogP contribution < -0.4 is 11.1 Å². The first-order chi connectivity index (χ1) is 8.72. The van der Waals surface area contributed by atoms with E-state index in [1.807, 2.05) is 19.1 Å². The maximum Gasteiger partial charge on any atom is 0.188 e. The zero-order valence-electron chi connectivity index (χ0n) is 10.6. The predicted octanol–water partition coefficient (Wildman–Crippen LogP) is 2.27. The first-order valence-corrected chi connectivity index (χ1v) is 7.27. The molecule has 1 rings (SSSR count). The molecule has 4 nitrogen and oxygen atoms in total. The zero-order chi connectivity index (χ0) is 13.2. The largest absolute Gasteiger partial charge is 0.382 e. The minimum absolute atomic E-state index is 0.495. The molecule has 0 radical (unpaired) electrons. The number of rotatable bonds is 8. The lowest BCUT2D eigenvalue weighted by Gasteiger charge is -2.04. The molecule has 102 valence electrons. The van der Waals surface area contributed by atoms with Crippen molar-refractivity contribution >= 4 is 28.9 Å². The molecule has 6 heteroatoms. The van der Waals surface area contributed by atoms with Crippen LogP contribution in [0.2, 0.25) is 4.34 Å². The molecule has 0 aliphatic rings. The Morgan fingerprint density at radius 2 is 2.39 bits per heavy atom. The number of nitrogens with two attached hydrogens (primary N) is 1. The summed E-state index contributed by atoms with van der Waals surface area (Å²) in [5.41, 5.74) is 5.73. The summed E-state index contributed by atoms with van der Waals surface area (Å²) in [6.07, 6.45) is 1.81. The molecule has 18 heavy (non-hydrogen) atoms. The second-order valence-corrected chi connectivity index (χ2v) is 5.50. The number of hydrogen-bond donors (Lipinski definition) is 2. The smallest absolute Gasteiger partial charge is 0.188 e. The van der Waals surface area contributed by atoms with E-state index in [1.54, 1.807) is 11.3 Å². The molecular weight excluding hydrogens is 270 g/mol. The number of ether oxygens (including phenoxy) is 1. The molecule has 0 atom stereocenters. The maximum absolute atomic E-state index is 5.85. The standard InChI is InChI=1S/C12H20ClN3OS/c1-2-17-9-3-7-15-12(14)16-8-6-10-4-5-11(13)18-10/h4-5H,2-3,6-9H2,1H3,(H3,14,15,16). The van der Waals surface area contributed by atoms with E-state index in [0.29, 0.717) is 12.5 Å². The highest BCUT2D eigenvalue weighted by atomic mass is 35.5. The van der Waals surface area contributed by atoms with E-state index in [1.165, 1.54) is 4.88 Å². The topological polar surface area (TPSA) is 59.6 Å². The van der Waals surface area contributed by atoms with Crippen molar-refractivity contribution in [3.8, 4) is 0 Å². The van der Waals surface area contributed by atoms with Crippen molar-refractivity contribution in [3.63, 3.8) is 0 Å². The maximum atomic E-state index is 5.85. The van der Waals surface area contributed by atoms with E-state index in [0.717, 1.165) is 36.9 Å². The molecule has 0 saturated carbocycles. The first-order valence-electron chi connectivity index (χ1n) is 6.08. The Bertz CT molecular complexity index is 368. The number of guanidine groups is 1. The number of nitrogens with one attached hydrogen (secondary N) is 1. The molecule has 0 bridgehead atoms. The van der Waals surface area contributed by atoms with E-state index in [4.69, 9.17) is 22.1 Å². The third-order valence-corrected chi connectivity index (χ3v) is 3.53. The van der Waals surface area contributed by atoms with Crippen LogP contribution in [-0.4, -0.2) is 32.3 Å². The monoisotopic (exact) mass is 289 g/mol. The lowest BCUT2D eigenvalue weighted by molar-refractivity contribution is 0.146. The summed E-state index contributed by atoms with van der Waals surface area (Å²) in [7, 11) is 0. The van der Waals surface area contributed by atoms with E-state index >= 15 is 0 Å². The minimum atomic E-state index is 0.495. The van der Waals surface area contributed by atoms with Crippen molar-refractivity contribution in [2.75, 3.05) is 26.3 Å². The molecule has 0 unspecified atom stereocenters. The summed E-state index contributed by atoms with van der Waals surface area (Å²) in [5, 5.41) is 3.08. The summed E-state index contributed by atoms with van der Waals surface area (Å²) in [5.74, 6) is 0.495. The number of nitrogens with zero attached hydrogens (tertiary/aromatic N) is 1. The Morgan fingerprint density at radius 1 is 1.56 bits per heavy atom. The fraction of sp³-hybridized carbons (Fsp3) is 0.583. The van der Waals surface area contributed by atoms with Crippen molar-refractivity contribution < 1.29 is 4.74 Å². The Balaban J connectivity index is 2.08. The molecule has 0 aliphatic carbocycles. The lowest BCUT2D eigenvalue weighted by atomic mass is 10.3.